The maximum atomic E-state index is 13.8. The van der Waals surface area contributed by atoms with Crippen LogP contribution in [0.2, 0.25) is 0 Å². The van der Waals surface area contributed by atoms with E-state index in [2.05, 4.69) is 15.6 Å². The Bertz CT molecular complexity index is 1220. The standard InChI is InChI=1S/C30H30F3N3O/c1-21-12-14-22(15-13-21)26-17-16-25(29(36-26)30(31,32)33)27(37)20-34-18-19-35-28(23-8-4-2-5-9-23)24-10-6-3-7-11-24/h2-17,27-28,34-35,37H,18-20H2,1H3/t27-/m0/s1. The number of aromatic nitrogens is 1. The SMILES string of the molecule is Cc1ccc(-c2ccc([C@@H](O)CNCCNC(c3ccccc3)c3ccccc3)c(C(F)(F)F)n2)cc1. The van der Waals surface area contributed by atoms with Crippen LogP contribution in [-0.4, -0.2) is 29.7 Å². The third kappa shape index (κ3) is 7.04. The average Bonchev–Trinajstić information content (AvgIpc) is 2.91. The Morgan fingerprint density at radius 2 is 1.38 bits per heavy atom. The Morgan fingerprint density at radius 3 is 1.95 bits per heavy atom. The van der Waals surface area contributed by atoms with Crippen LogP contribution < -0.4 is 10.6 Å². The van der Waals surface area contributed by atoms with Crippen molar-refractivity contribution in [1.82, 2.24) is 15.6 Å². The molecular formula is C30H30F3N3O. The van der Waals surface area contributed by atoms with Crippen LogP contribution >= 0.6 is 0 Å². The second kappa shape index (κ2) is 12.1. The molecule has 37 heavy (non-hydrogen) atoms. The number of rotatable bonds is 10. The predicted molar refractivity (Wildman–Crippen MR) is 140 cm³/mol. The summed E-state index contributed by atoms with van der Waals surface area (Å²) in [5, 5.41) is 17.2. The van der Waals surface area contributed by atoms with Crippen molar-refractivity contribution >= 4 is 0 Å². The number of hydrogen-bond donors (Lipinski definition) is 3. The molecule has 0 aliphatic carbocycles. The number of pyridine rings is 1. The van der Waals surface area contributed by atoms with Crippen LogP contribution in [0.5, 0.6) is 0 Å². The average molecular weight is 506 g/mol. The van der Waals surface area contributed by atoms with Crippen LogP contribution in [0, 0.1) is 6.92 Å². The molecule has 4 nitrogen and oxygen atoms in total. The number of hydrogen-bond acceptors (Lipinski definition) is 4. The van der Waals surface area contributed by atoms with Crippen molar-refractivity contribution in [3.05, 3.63) is 125 Å². The lowest BCUT2D eigenvalue weighted by molar-refractivity contribution is -0.142. The number of aryl methyl sites for hydroxylation is 1. The van der Waals surface area contributed by atoms with Crippen molar-refractivity contribution in [3.63, 3.8) is 0 Å². The lowest BCUT2D eigenvalue weighted by atomic mass is 9.99. The van der Waals surface area contributed by atoms with Crippen molar-refractivity contribution in [2.45, 2.75) is 25.2 Å². The molecule has 3 N–H and O–H groups in total. The number of alkyl halides is 3. The van der Waals surface area contributed by atoms with Gasteiger partial charge in [-0.1, -0.05) is 96.6 Å². The number of nitrogens with zero attached hydrogens (tertiary/aromatic N) is 1. The van der Waals surface area contributed by atoms with Gasteiger partial charge in [-0.25, -0.2) is 4.98 Å². The summed E-state index contributed by atoms with van der Waals surface area (Å²) in [7, 11) is 0. The van der Waals surface area contributed by atoms with Crippen molar-refractivity contribution < 1.29 is 18.3 Å². The molecular weight excluding hydrogens is 475 g/mol. The fourth-order valence-electron chi connectivity index (χ4n) is 4.22. The zero-order chi connectivity index (χ0) is 26.3. The van der Waals surface area contributed by atoms with Crippen LogP contribution in [0.3, 0.4) is 0 Å². The molecule has 0 bridgehead atoms. The van der Waals surface area contributed by atoms with Crippen molar-refractivity contribution in [2.24, 2.45) is 0 Å². The predicted octanol–water partition coefficient (Wildman–Crippen LogP) is 6.08. The summed E-state index contributed by atoms with van der Waals surface area (Å²) in [6.07, 6.45) is -6.04. The van der Waals surface area contributed by atoms with E-state index < -0.39 is 18.0 Å². The highest BCUT2D eigenvalue weighted by Crippen LogP contribution is 2.35. The highest BCUT2D eigenvalue weighted by molar-refractivity contribution is 5.60. The summed E-state index contributed by atoms with van der Waals surface area (Å²) in [5.74, 6) is 0. The van der Waals surface area contributed by atoms with Crippen molar-refractivity contribution in [2.75, 3.05) is 19.6 Å². The summed E-state index contributed by atoms with van der Waals surface area (Å²) >= 11 is 0. The van der Waals surface area contributed by atoms with E-state index in [1.807, 2.05) is 79.7 Å². The maximum absolute atomic E-state index is 13.8. The summed E-state index contributed by atoms with van der Waals surface area (Å²) < 4.78 is 41.5. The van der Waals surface area contributed by atoms with E-state index in [0.29, 0.717) is 18.7 Å². The number of aliphatic hydroxyl groups excluding tert-OH is 1. The van der Waals surface area contributed by atoms with E-state index in [1.165, 1.54) is 12.1 Å². The zero-order valence-electron chi connectivity index (χ0n) is 20.5. The molecule has 0 spiro atoms. The summed E-state index contributed by atoms with van der Waals surface area (Å²) in [6, 6.07) is 30.0. The monoisotopic (exact) mass is 505 g/mol. The molecule has 4 rings (SSSR count). The summed E-state index contributed by atoms with van der Waals surface area (Å²) in [6.45, 7) is 2.89. The Morgan fingerprint density at radius 1 is 0.784 bits per heavy atom. The van der Waals surface area contributed by atoms with Gasteiger partial charge in [0.25, 0.3) is 0 Å². The number of benzene rings is 3. The van der Waals surface area contributed by atoms with Gasteiger partial charge in [-0.2, -0.15) is 13.2 Å². The van der Waals surface area contributed by atoms with Gasteiger partial charge in [0.05, 0.1) is 17.8 Å². The molecule has 7 heteroatoms. The first kappa shape index (κ1) is 26.5. The van der Waals surface area contributed by atoms with E-state index in [-0.39, 0.29) is 23.8 Å². The minimum Gasteiger partial charge on any atom is -0.387 e. The molecule has 3 aromatic carbocycles. The molecule has 4 aromatic rings. The Labute approximate surface area is 215 Å². The zero-order valence-corrected chi connectivity index (χ0v) is 20.5. The molecule has 0 saturated carbocycles. The summed E-state index contributed by atoms with van der Waals surface area (Å²) in [4.78, 5) is 3.87. The molecule has 0 amide bonds. The molecule has 0 radical (unpaired) electrons. The molecule has 1 heterocycles. The molecule has 0 unspecified atom stereocenters. The normalized spacial score (nSPS) is 12.6. The highest BCUT2D eigenvalue weighted by Gasteiger charge is 2.37. The number of halogens is 3. The fourth-order valence-corrected chi connectivity index (χ4v) is 4.22. The molecule has 0 fully saturated rings. The lowest BCUT2D eigenvalue weighted by Crippen LogP contribution is -2.33. The first-order chi connectivity index (χ1) is 17.8. The molecule has 1 aromatic heterocycles. The molecule has 192 valence electrons. The van der Waals surface area contributed by atoms with Crippen molar-refractivity contribution in [3.8, 4) is 11.3 Å². The molecule has 0 saturated heterocycles. The van der Waals surface area contributed by atoms with E-state index in [1.54, 1.807) is 12.1 Å². The van der Waals surface area contributed by atoms with Crippen LogP contribution in [0.1, 0.15) is 40.1 Å². The Kier molecular flexibility index (Phi) is 8.71. The highest BCUT2D eigenvalue weighted by atomic mass is 19.4. The second-order valence-electron chi connectivity index (χ2n) is 8.93. The Hall–Kier alpha value is -3.52. The lowest BCUT2D eigenvalue weighted by Gasteiger charge is -2.21. The van der Waals surface area contributed by atoms with E-state index in [4.69, 9.17) is 0 Å². The van der Waals surface area contributed by atoms with Crippen molar-refractivity contribution in [1.29, 1.82) is 0 Å². The first-order valence-corrected chi connectivity index (χ1v) is 12.2. The first-order valence-electron chi connectivity index (χ1n) is 12.2. The van der Waals surface area contributed by atoms with Gasteiger partial charge in [-0.3, -0.25) is 0 Å². The largest absolute Gasteiger partial charge is 0.433 e. The molecule has 0 aliphatic heterocycles. The Balaban J connectivity index is 1.39. The van der Waals surface area contributed by atoms with Crippen LogP contribution in [0.15, 0.2) is 97.1 Å². The molecule has 1 atom stereocenters. The third-order valence-electron chi connectivity index (χ3n) is 6.16. The van der Waals surface area contributed by atoms with Crippen LogP contribution in [0.4, 0.5) is 13.2 Å². The quantitative estimate of drug-likeness (QED) is 0.229. The number of aliphatic hydroxyl groups is 1. The summed E-state index contributed by atoms with van der Waals surface area (Å²) in [5.41, 5.74) is 2.74. The van der Waals surface area contributed by atoms with Gasteiger partial charge in [-0.15, -0.1) is 0 Å². The van der Waals surface area contributed by atoms with Gasteiger partial charge < -0.3 is 15.7 Å². The van der Waals surface area contributed by atoms with Gasteiger partial charge in [0, 0.05) is 30.8 Å². The van der Waals surface area contributed by atoms with Gasteiger partial charge in [-0.05, 0) is 24.1 Å². The minimum absolute atomic E-state index is 0.0236. The minimum atomic E-state index is -4.68. The van der Waals surface area contributed by atoms with Crippen LogP contribution in [0.25, 0.3) is 11.3 Å². The maximum Gasteiger partial charge on any atom is 0.433 e. The van der Waals surface area contributed by atoms with Gasteiger partial charge in [0.2, 0.25) is 0 Å². The van der Waals surface area contributed by atoms with Gasteiger partial charge in [0.1, 0.15) is 0 Å². The molecule has 0 aliphatic rings. The van der Waals surface area contributed by atoms with Gasteiger partial charge >= 0.3 is 6.18 Å². The second-order valence-corrected chi connectivity index (χ2v) is 8.93. The van der Waals surface area contributed by atoms with E-state index >= 15 is 0 Å². The fraction of sp³-hybridized carbons (Fsp3) is 0.233. The van der Waals surface area contributed by atoms with Crippen LogP contribution in [-0.2, 0) is 6.18 Å². The third-order valence-corrected chi connectivity index (χ3v) is 6.16. The van der Waals surface area contributed by atoms with Gasteiger partial charge in [0.15, 0.2) is 5.69 Å². The topological polar surface area (TPSA) is 57.2 Å². The van der Waals surface area contributed by atoms with E-state index in [0.717, 1.165) is 16.7 Å². The van der Waals surface area contributed by atoms with E-state index in [9.17, 15) is 18.3 Å². The number of nitrogens with one attached hydrogen (secondary N) is 2. The smallest absolute Gasteiger partial charge is 0.387 e.